The van der Waals surface area contributed by atoms with Crippen LogP contribution in [0.1, 0.15) is 35.6 Å². The monoisotopic (exact) mass is 305 g/mol. The Kier molecular flexibility index (Phi) is 4.06. The predicted octanol–water partition coefficient (Wildman–Crippen LogP) is 2.10. The van der Waals surface area contributed by atoms with Crippen molar-refractivity contribution in [2.75, 3.05) is 24.7 Å². The van der Waals surface area contributed by atoms with Crippen LogP contribution in [-0.4, -0.2) is 39.9 Å². The third-order valence-corrected chi connectivity index (χ3v) is 4.10. The Bertz CT molecular complexity index is 652. The molecule has 6 nitrogen and oxygen atoms in total. The van der Waals surface area contributed by atoms with Gasteiger partial charge in [0.1, 0.15) is 6.33 Å². The normalized spacial score (nSPS) is 18.7. The van der Waals surface area contributed by atoms with Gasteiger partial charge in [-0.1, -0.05) is 6.92 Å². The van der Waals surface area contributed by atoms with E-state index in [2.05, 4.69) is 20.2 Å². The topological polar surface area (TPSA) is 66.9 Å². The molecule has 0 amide bonds. The maximum atomic E-state index is 14.6. The van der Waals surface area contributed by atoms with Crippen LogP contribution in [0, 0.1) is 19.7 Å². The number of ether oxygens (including phenoxy) is 1. The van der Waals surface area contributed by atoms with E-state index in [1.54, 1.807) is 0 Å². The first-order valence-corrected chi connectivity index (χ1v) is 7.48. The van der Waals surface area contributed by atoms with Crippen LogP contribution in [0.4, 0.5) is 10.2 Å². The van der Waals surface area contributed by atoms with Crippen molar-refractivity contribution in [2.45, 2.75) is 33.2 Å². The molecule has 3 rings (SSSR count). The molecule has 3 heterocycles. The van der Waals surface area contributed by atoms with Crippen LogP contribution in [0.3, 0.4) is 0 Å². The van der Waals surface area contributed by atoms with Crippen molar-refractivity contribution >= 4 is 5.82 Å². The molecule has 1 fully saturated rings. The number of aromatic amines is 1. The number of halogens is 1. The maximum absolute atomic E-state index is 14.6. The number of hydrogen-bond donors (Lipinski definition) is 1. The van der Waals surface area contributed by atoms with Crippen LogP contribution in [0.15, 0.2) is 6.33 Å². The lowest BCUT2D eigenvalue weighted by Gasteiger charge is -2.37. The summed E-state index contributed by atoms with van der Waals surface area (Å²) < 4.78 is 20.3. The summed E-state index contributed by atoms with van der Waals surface area (Å²) in [4.78, 5) is 10.2. The van der Waals surface area contributed by atoms with Gasteiger partial charge in [-0.05, 0) is 20.3 Å². The standard InChI is InChI=1S/C15H20FN5O/c1-4-11-14(16)15(18-8-17-11)21-5-6-22-7-12(21)13-9(2)19-20-10(13)3/h8,12H,4-7H2,1-3H3,(H,19,20)/t12-/m0/s1. The van der Waals surface area contributed by atoms with Crippen LogP contribution in [0.5, 0.6) is 0 Å². The summed E-state index contributed by atoms with van der Waals surface area (Å²) >= 11 is 0. The number of anilines is 1. The van der Waals surface area contributed by atoms with Gasteiger partial charge in [-0.25, -0.2) is 14.4 Å². The highest BCUT2D eigenvalue weighted by Crippen LogP contribution is 2.33. The molecule has 0 unspecified atom stereocenters. The summed E-state index contributed by atoms with van der Waals surface area (Å²) in [7, 11) is 0. The molecule has 0 radical (unpaired) electrons. The summed E-state index contributed by atoms with van der Waals surface area (Å²) in [6.45, 7) is 7.43. The molecule has 118 valence electrons. The number of aromatic nitrogens is 4. The number of rotatable bonds is 3. The van der Waals surface area contributed by atoms with Gasteiger partial charge in [0.05, 0.1) is 30.6 Å². The summed E-state index contributed by atoms with van der Waals surface area (Å²) in [6.07, 6.45) is 1.97. The zero-order valence-corrected chi connectivity index (χ0v) is 13.1. The molecule has 1 aliphatic rings. The minimum atomic E-state index is -0.337. The Morgan fingerprint density at radius 3 is 2.91 bits per heavy atom. The molecule has 0 spiro atoms. The van der Waals surface area contributed by atoms with Gasteiger partial charge in [0.15, 0.2) is 11.6 Å². The fraction of sp³-hybridized carbons (Fsp3) is 0.533. The van der Waals surface area contributed by atoms with Crippen LogP contribution in [-0.2, 0) is 11.2 Å². The first kappa shape index (κ1) is 14.9. The molecule has 1 aliphatic heterocycles. The van der Waals surface area contributed by atoms with Gasteiger partial charge in [0, 0.05) is 17.8 Å². The quantitative estimate of drug-likeness (QED) is 0.940. The molecule has 1 atom stereocenters. The van der Waals surface area contributed by atoms with Crippen LogP contribution < -0.4 is 4.90 Å². The number of hydrogen-bond acceptors (Lipinski definition) is 5. The van der Waals surface area contributed by atoms with Crippen molar-refractivity contribution in [1.82, 2.24) is 20.2 Å². The zero-order chi connectivity index (χ0) is 15.7. The maximum Gasteiger partial charge on any atom is 0.187 e. The highest BCUT2D eigenvalue weighted by Gasteiger charge is 2.31. The molecule has 22 heavy (non-hydrogen) atoms. The van der Waals surface area contributed by atoms with E-state index in [1.807, 2.05) is 25.7 Å². The third kappa shape index (κ3) is 2.45. The van der Waals surface area contributed by atoms with Gasteiger partial charge < -0.3 is 9.64 Å². The second kappa shape index (κ2) is 6.00. The van der Waals surface area contributed by atoms with Gasteiger partial charge in [0.25, 0.3) is 0 Å². The summed E-state index contributed by atoms with van der Waals surface area (Å²) in [6, 6.07) is -0.0957. The largest absolute Gasteiger partial charge is 0.377 e. The Hall–Kier alpha value is -2.02. The van der Waals surface area contributed by atoms with Gasteiger partial charge in [0.2, 0.25) is 0 Å². The smallest absolute Gasteiger partial charge is 0.187 e. The lowest BCUT2D eigenvalue weighted by molar-refractivity contribution is 0.0929. The van der Waals surface area contributed by atoms with Crippen molar-refractivity contribution in [1.29, 1.82) is 0 Å². The lowest BCUT2D eigenvalue weighted by Crippen LogP contribution is -2.41. The van der Waals surface area contributed by atoms with E-state index in [-0.39, 0.29) is 11.9 Å². The van der Waals surface area contributed by atoms with E-state index in [0.717, 1.165) is 17.0 Å². The van der Waals surface area contributed by atoms with Crippen molar-refractivity contribution in [3.8, 4) is 0 Å². The van der Waals surface area contributed by atoms with E-state index in [4.69, 9.17) is 4.74 Å². The van der Waals surface area contributed by atoms with Crippen LogP contribution in [0.25, 0.3) is 0 Å². The molecular formula is C15H20FN5O. The Balaban J connectivity index is 2.04. The zero-order valence-electron chi connectivity index (χ0n) is 13.1. The van der Waals surface area contributed by atoms with Crippen molar-refractivity contribution in [3.05, 3.63) is 34.8 Å². The molecule has 2 aromatic heterocycles. The number of aryl methyl sites for hydroxylation is 3. The Labute approximate surface area is 128 Å². The lowest BCUT2D eigenvalue weighted by atomic mass is 10.0. The molecule has 2 aromatic rings. The predicted molar refractivity (Wildman–Crippen MR) is 80.3 cm³/mol. The van der Waals surface area contributed by atoms with Crippen LogP contribution in [0.2, 0.25) is 0 Å². The highest BCUT2D eigenvalue weighted by atomic mass is 19.1. The SMILES string of the molecule is CCc1ncnc(N2CCOC[C@H]2c2c(C)n[nH]c2C)c1F. The molecule has 1 saturated heterocycles. The van der Waals surface area contributed by atoms with E-state index in [1.165, 1.54) is 6.33 Å². The third-order valence-electron chi connectivity index (χ3n) is 4.10. The van der Waals surface area contributed by atoms with Crippen molar-refractivity contribution in [3.63, 3.8) is 0 Å². The van der Waals surface area contributed by atoms with Crippen molar-refractivity contribution < 1.29 is 9.13 Å². The first-order valence-electron chi connectivity index (χ1n) is 7.48. The molecule has 0 bridgehead atoms. The van der Waals surface area contributed by atoms with Gasteiger partial charge in [-0.15, -0.1) is 0 Å². The van der Waals surface area contributed by atoms with Gasteiger partial charge in [-0.3, -0.25) is 5.10 Å². The van der Waals surface area contributed by atoms with E-state index in [9.17, 15) is 4.39 Å². The first-order chi connectivity index (χ1) is 10.6. The molecule has 0 aliphatic carbocycles. The molecule has 0 saturated carbocycles. The average Bonchev–Trinajstić information content (AvgIpc) is 2.86. The summed E-state index contributed by atoms with van der Waals surface area (Å²) in [5.41, 5.74) is 3.37. The second-order valence-electron chi connectivity index (χ2n) is 5.44. The number of nitrogens with zero attached hydrogens (tertiary/aromatic N) is 4. The Morgan fingerprint density at radius 1 is 1.41 bits per heavy atom. The fourth-order valence-electron chi connectivity index (χ4n) is 2.99. The van der Waals surface area contributed by atoms with Crippen LogP contribution >= 0.6 is 0 Å². The summed E-state index contributed by atoms with van der Waals surface area (Å²) in [5, 5.41) is 7.23. The molecular weight excluding hydrogens is 285 g/mol. The number of H-pyrrole nitrogens is 1. The second-order valence-corrected chi connectivity index (χ2v) is 5.44. The molecule has 1 N–H and O–H groups in total. The van der Waals surface area contributed by atoms with E-state index < -0.39 is 0 Å². The summed E-state index contributed by atoms with van der Waals surface area (Å²) in [5.74, 6) is 0.0100. The van der Waals surface area contributed by atoms with E-state index >= 15 is 0 Å². The molecule has 0 aromatic carbocycles. The van der Waals surface area contributed by atoms with Crippen molar-refractivity contribution in [2.24, 2.45) is 0 Å². The Morgan fingerprint density at radius 2 is 2.23 bits per heavy atom. The van der Waals surface area contributed by atoms with Gasteiger partial charge in [-0.2, -0.15) is 5.10 Å². The highest BCUT2D eigenvalue weighted by molar-refractivity contribution is 5.46. The fourth-order valence-corrected chi connectivity index (χ4v) is 2.99. The minimum absolute atomic E-state index is 0.0957. The molecule has 7 heteroatoms. The van der Waals surface area contributed by atoms with Gasteiger partial charge >= 0.3 is 0 Å². The average molecular weight is 305 g/mol. The number of morpholine rings is 1. The minimum Gasteiger partial charge on any atom is -0.377 e. The van der Waals surface area contributed by atoms with E-state index in [0.29, 0.717) is 37.7 Å². The number of nitrogens with one attached hydrogen (secondary N) is 1.